The fraction of sp³-hybridized carbons (Fsp3) is 0.385. The summed E-state index contributed by atoms with van der Waals surface area (Å²) in [4.78, 5) is 0. The molecule has 0 N–H and O–H groups in total. The molecule has 0 spiro atoms. The molecule has 2 rings (SSSR count). The molecule has 0 aliphatic heterocycles. The lowest BCUT2D eigenvalue weighted by Crippen LogP contribution is -1.93. The number of aryl methyl sites for hydroxylation is 1. The summed E-state index contributed by atoms with van der Waals surface area (Å²) in [6.45, 7) is 1.14. The highest BCUT2D eigenvalue weighted by Gasteiger charge is 1.96. The lowest BCUT2D eigenvalue weighted by molar-refractivity contribution is 0.609. The molecule has 0 amide bonds. The molecule has 0 saturated carbocycles. The van der Waals surface area contributed by atoms with Crippen LogP contribution in [-0.4, -0.2) is 9.90 Å². The van der Waals surface area contributed by atoms with E-state index in [-0.39, 0.29) is 0 Å². The molecule has 1 nitrogen and oxygen atoms in total. The van der Waals surface area contributed by atoms with Crippen molar-refractivity contribution in [1.29, 1.82) is 0 Å². The Morgan fingerprint density at radius 2 is 1.60 bits per heavy atom. The third-order valence-corrected chi connectivity index (χ3v) is 3.22. The van der Waals surface area contributed by atoms with E-state index in [2.05, 4.69) is 57.2 Å². The molecule has 0 unspecified atom stereocenters. The Balaban J connectivity index is 1.97. The van der Waals surface area contributed by atoms with Crippen molar-refractivity contribution >= 4 is 26.7 Å². The van der Waals surface area contributed by atoms with Gasteiger partial charge in [-0.15, -0.1) is 0 Å². The van der Waals surface area contributed by atoms with Crippen LogP contribution in [0, 0.1) is 0 Å². The zero-order chi connectivity index (χ0) is 10.5. The molecule has 15 heavy (non-hydrogen) atoms. The van der Waals surface area contributed by atoms with Crippen LogP contribution >= 0.6 is 15.9 Å². The van der Waals surface area contributed by atoms with Gasteiger partial charge < -0.3 is 4.57 Å². The van der Waals surface area contributed by atoms with Gasteiger partial charge in [-0.05, 0) is 23.6 Å². The molecule has 0 bridgehead atoms. The van der Waals surface area contributed by atoms with E-state index in [9.17, 15) is 0 Å². The third-order valence-electron chi connectivity index (χ3n) is 2.66. The van der Waals surface area contributed by atoms with Crippen LogP contribution in [0.2, 0.25) is 0 Å². The highest BCUT2D eigenvalue weighted by molar-refractivity contribution is 9.09. The van der Waals surface area contributed by atoms with Gasteiger partial charge in [-0.25, -0.2) is 0 Å². The Labute approximate surface area is 99.2 Å². The van der Waals surface area contributed by atoms with Crippen LogP contribution in [0.25, 0.3) is 10.8 Å². The first-order valence-electron chi connectivity index (χ1n) is 5.50. The normalized spacial score (nSPS) is 11.0. The van der Waals surface area contributed by atoms with Gasteiger partial charge in [0.1, 0.15) is 0 Å². The van der Waals surface area contributed by atoms with Crippen molar-refractivity contribution in [3.8, 4) is 0 Å². The first kappa shape index (κ1) is 10.7. The zero-order valence-electron chi connectivity index (χ0n) is 8.82. The molecule has 1 aromatic carbocycles. The van der Waals surface area contributed by atoms with Crippen molar-refractivity contribution in [3.05, 3.63) is 36.7 Å². The van der Waals surface area contributed by atoms with Crippen LogP contribution in [-0.2, 0) is 6.54 Å². The van der Waals surface area contributed by atoms with Crippen molar-refractivity contribution in [2.75, 3.05) is 5.33 Å². The van der Waals surface area contributed by atoms with Crippen molar-refractivity contribution in [3.63, 3.8) is 0 Å². The average molecular weight is 266 g/mol. The van der Waals surface area contributed by atoms with Crippen LogP contribution in [0.1, 0.15) is 19.3 Å². The first-order valence-corrected chi connectivity index (χ1v) is 6.63. The molecule has 1 heterocycles. The van der Waals surface area contributed by atoms with Gasteiger partial charge in [0, 0.05) is 24.3 Å². The minimum atomic E-state index is 1.13. The lowest BCUT2D eigenvalue weighted by atomic mass is 10.2. The maximum Gasteiger partial charge on any atom is 0.0220 e. The SMILES string of the molecule is BrCCCCCn1cc2ccccc2c1. The van der Waals surface area contributed by atoms with Crippen LogP contribution in [0.4, 0.5) is 0 Å². The third kappa shape index (κ3) is 2.85. The topological polar surface area (TPSA) is 4.93 Å². The summed E-state index contributed by atoms with van der Waals surface area (Å²) in [5.41, 5.74) is 0. The Morgan fingerprint density at radius 1 is 0.933 bits per heavy atom. The van der Waals surface area contributed by atoms with Crippen LogP contribution in [0.3, 0.4) is 0 Å². The minimum Gasteiger partial charge on any atom is -0.353 e. The Kier molecular flexibility index (Phi) is 3.84. The number of halogens is 1. The highest BCUT2D eigenvalue weighted by Crippen LogP contribution is 2.15. The van der Waals surface area contributed by atoms with Gasteiger partial charge in [0.2, 0.25) is 0 Å². The summed E-state index contributed by atoms with van der Waals surface area (Å²) in [5.74, 6) is 0. The van der Waals surface area contributed by atoms with Crippen LogP contribution in [0.5, 0.6) is 0 Å². The molecular formula is C13H16BrN. The van der Waals surface area contributed by atoms with Crippen molar-refractivity contribution in [1.82, 2.24) is 4.57 Å². The van der Waals surface area contributed by atoms with Crippen molar-refractivity contribution < 1.29 is 0 Å². The summed E-state index contributed by atoms with van der Waals surface area (Å²) in [7, 11) is 0. The van der Waals surface area contributed by atoms with Gasteiger partial charge in [-0.3, -0.25) is 0 Å². The molecule has 80 valence electrons. The van der Waals surface area contributed by atoms with E-state index >= 15 is 0 Å². The summed E-state index contributed by atoms with van der Waals surface area (Å²) in [5, 5.41) is 3.82. The smallest absolute Gasteiger partial charge is 0.0220 e. The van der Waals surface area contributed by atoms with Gasteiger partial charge in [0.05, 0.1) is 0 Å². The molecule has 0 radical (unpaired) electrons. The predicted octanol–water partition coefficient (Wildman–Crippen LogP) is 4.21. The molecule has 2 heteroatoms. The molecule has 2 aromatic rings. The number of benzene rings is 1. The largest absolute Gasteiger partial charge is 0.353 e. The summed E-state index contributed by atoms with van der Waals surface area (Å²) < 4.78 is 2.30. The predicted molar refractivity (Wildman–Crippen MR) is 69.6 cm³/mol. The van der Waals surface area contributed by atoms with E-state index in [0.29, 0.717) is 0 Å². The molecule has 1 aromatic heterocycles. The number of aromatic nitrogens is 1. The van der Waals surface area contributed by atoms with E-state index in [0.717, 1.165) is 11.9 Å². The van der Waals surface area contributed by atoms with Gasteiger partial charge in [0.15, 0.2) is 0 Å². The van der Waals surface area contributed by atoms with E-state index < -0.39 is 0 Å². The molecule has 0 saturated heterocycles. The van der Waals surface area contributed by atoms with Crippen LogP contribution in [0.15, 0.2) is 36.7 Å². The monoisotopic (exact) mass is 265 g/mol. The summed E-state index contributed by atoms with van der Waals surface area (Å²) in [6, 6.07) is 8.53. The fourth-order valence-electron chi connectivity index (χ4n) is 1.84. The Morgan fingerprint density at radius 3 is 2.20 bits per heavy atom. The second-order valence-electron chi connectivity index (χ2n) is 3.87. The van der Waals surface area contributed by atoms with Gasteiger partial charge in [-0.2, -0.15) is 0 Å². The van der Waals surface area contributed by atoms with Crippen molar-refractivity contribution in [2.45, 2.75) is 25.8 Å². The number of alkyl halides is 1. The number of hydrogen-bond acceptors (Lipinski definition) is 0. The van der Waals surface area contributed by atoms with E-state index in [1.807, 2.05) is 0 Å². The van der Waals surface area contributed by atoms with Gasteiger partial charge >= 0.3 is 0 Å². The van der Waals surface area contributed by atoms with Gasteiger partial charge in [-0.1, -0.05) is 46.6 Å². The van der Waals surface area contributed by atoms with E-state index in [1.54, 1.807) is 0 Å². The standard InChI is InChI=1S/C13H16BrN/c14-8-4-1-5-9-15-10-12-6-2-3-7-13(12)11-15/h2-3,6-7,10-11H,1,4-5,8-9H2. The minimum absolute atomic E-state index is 1.13. The Bertz CT molecular complexity index is 386. The van der Waals surface area contributed by atoms with E-state index in [1.165, 1.54) is 30.0 Å². The maximum atomic E-state index is 3.46. The second kappa shape index (κ2) is 5.36. The zero-order valence-corrected chi connectivity index (χ0v) is 10.4. The number of unbranched alkanes of at least 4 members (excludes halogenated alkanes) is 2. The quantitative estimate of drug-likeness (QED) is 0.564. The molecule has 0 aliphatic rings. The first-order chi connectivity index (χ1) is 7.40. The highest BCUT2D eigenvalue weighted by atomic mass is 79.9. The van der Waals surface area contributed by atoms with Gasteiger partial charge in [0.25, 0.3) is 0 Å². The number of nitrogens with zero attached hydrogens (tertiary/aromatic N) is 1. The number of rotatable bonds is 5. The van der Waals surface area contributed by atoms with Crippen molar-refractivity contribution in [2.24, 2.45) is 0 Å². The lowest BCUT2D eigenvalue weighted by Gasteiger charge is -2.00. The summed E-state index contributed by atoms with van der Waals surface area (Å²) >= 11 is 3.46. The molecule has 0 atom stereocenters. The average Bonchev–Trinajstić information content (AvgIpc) is 2.67. The summed E-state index contributed by atoms with van der Waals surface area (Å²) in [6.07, 6.45) is 8.33. The fourth-order valence-corrected chi connectivity index (χ4v) is 2.23. The molecule has 0 fully saturated rings. The molecule has 0 aliphatic carbocycles. The Hall–Kier alpha value is -0.760. The maximum absolute atomic E-state index is 3.46. The number of fused-ring (bicyclic) bond motifs is 1. The molecular weight excluding hydrogens is 250 g/mol. The number of hydrogen-bond donors (Lipinski definition) is 0. The second-order valence-corrected chi connectivity index (χ2v) is 4.67. The van der Waals surface area contributed by atoms with E-state index in [4.69, 9.17) is 0 Å². The van der Waals surface area contributed by atoms with Crippen LogP contribution < -0.4 is 0 Å².